The lowest BCUT2D eigenvalue weighted by Gasteiger charge is -2.22. The van der Waals surface area contributed by atoms with Gasteiger partial charge in [0.15, 0.2) is 0 Å². The Bertz CT molecular complexity index is 875. The van der Waals surface area contributed by atoms with Crippen LogP contribution < -0.4 is 5.32 Å². The molecule has 5 nitrogen and oxygen atoms in total. The molecule has 0 aliphatic carbocycles. The number of nitro groups is 1. The molecule has 1 heterocycles. The number of fused-ring (bicyclic) bond motifs is 2. The summed E-state index contributed by atoms with van der Waals surface area (Å²) in [6.07, 6.45) is -4.69. The Kier molecular flexibility index (Phi) is 3.41. The van der Waals surface area contributed by atoms with Crippen molar-refractivity contribution in [1.82, 2.24) is 0 Å². The van der Waals surface area contributed by atoms with Crippen LogP contribution in [0.4, 0.5) is 30.2 Å². The summed E-state index contributed by atoms with van der Waals surface area (Å²) in [6, 6.07) is 7.91. The molecule has 1 N–H and O–H groups in total. The van der Waals surface area contributed by atoms with Crippen molar-refractivity contribution >= 4 is 28.8 Å². The van der Waals surface area contributed by atoms with E-state index in [1.807, 2.05) is 6.07 Å². The topological polar surface area (TPSA) is 79.0 Å². The van der Waals surface area contributed by atoms with Gasteiger partial charge < -0.3 is 5.32 Å². The highest BCUT2D eigenvalue weighted by Gasteiger charge is 2.36. The van der Waals surface area contributed by atoms with Gasteiger partial charge in [-0.3, -0.25) is 10.1 Å². The van der Waals surface area contributed by atoms with E-state index in [0.717, 1.165) is 17.8 Å². The Hall–Kier alpha value is -2.73. The largest absolute Gasteiger partial charge is 0.416 e. The van der Waals surface area contributed by atoms with E-state index in [-0.39, 0.29) is 10.6 Å². The Balaban J connectivity index is 2.17. The summed E-state index contributed by atoms with van der Waals surface area (Å²) in [6.45, 7) is 0. The molecule has 0 fully saturated rings. The predicted molar refractivity (Wildman–Crippen MR) is 76.7 cm³/mol. The van der Waals surface area contributed by atoms with Gasteiger partial charge in [-0.25, -0.2) is 0 Å². The second kappa shape index (κ2) is 5.17. The van der Waals surface area contributed by atoms with Crippen molar-refractivity contribution in [2.45, 2.75) is 16.0 Å². The number of nitriles is 1. The molecule has 0 spiro atoms. The molecule has 0 amide bonds. The highest BCUT2D eigenvalue weighted by molar-refractivity contribution is 7.99. The fourth-order valence-corrected chi connectivity index (χ4v) is 3.24. The maximum Gasteiger partial charge on any atom is 0.416 e. The van der Waals surface area contributed by atoms with Crippen LogP contribution in [0.1, 0.15) is 11.1 Å². The summed E-state index contributed by atoms with van der Waals surface area (Å²) in [4.78, 5) is 10.9. The van der Waals surface area contributed by atoms with Gasteiger partial charge in [0.2, 0.25) is 0 Å². The minimum absolute atomic E-state index is 0.0187. The molecule has 0 radical (unpaired) electrons. The summed E-state index contributed by atoms with van der Waals surface area (Å²) < 4.78 is 38.8. The number of hydrogen-bond acceptors (Lipinski definition) is 5. The highest BCUT2D eigenvalue weighted by atomic mass is 32.2. The fraction of sp³-hybridized carbons (Fsp3) is 0.0714. The van der Waals surface area contributed by atoms with Gasteiger partial charge in [-0.15, -0.1) is 0 Å². The first-order chi connectivity index (χ1) is 10.8. The zero-order valence-electron chi connectivity index (χ0n) is 11.1. The summed E-state index contributed by atoms with van der Waals surface area (Å²) in [5, 5.41) is 22.8. The fourth-order valence-electron chi connectivity index (χ4n) is 2.15. The quantitative estimate of drug-likeness (QED) is 0.514. The van der Waals surface area contributed by atoms with E-state index in [4.69, 9.17) is 5.26 Å². The van der Waals surface area contributed by atoms with E-state index in [1.165, 1.54) is 12.1 Å². The number of rotatable bonds is 1. The zero-order chi connectivity index (χ0) is 16.8. The van der Waals surface area contributed by atoms with Gasteiger partial charge in [-0.2, -0.15) is 18.4 Å². The summed E-state index contributed by atoms with van der Waals surface area (Å²) in [7, 11) is 0. The molecule has 0 saturated heterocycles. The molecular weight excluding hydrogens is 331 g/mol. The molecule has 116 valence electrons. The molecule has 0 atom stereocenters. The molecule has 0 saturated carbocycles. The van der Waals surface area contributed by atoms with Crippen LogP contribution in [0, 0.1) is 21.4 Å². The number of anilines is 2. The van der Waals surface area contributed by atoms with Gasteiger partial charge in [-0.05, 0) is 24.3 Å². The minimum Gasteiger partial charge on any atom is -0.348 e. The lowest BCUT2D eigenvalue weighted by molar-refractivity contribution is -0.384. The SMILES string of the molecule is N#Cc1ccc2c(c1)Sc1cc(C(F)(F)F)cc([N+](=O)[O-])c1N2. The van der Waals surface area contributed by atoms with Crippen LogP contribution in [-0.4, -0.2) is 4.92 Å². The Labute approximate surface area is 131 Å². The number of nitrogens with one attached hydrogen (secondary N) is 1. The van der Waals surface area contributed by atoms with Gasteiger partial charge in [-0.1, -0.05) is 11.8 Å². The Morgan fingerprint density at radius 1 is 1.22 bits per heavy atom. The van der Waals surface area contributed by atoms with Crippen LogP contribution in [0.5, 0.6) is 0 Å². The first-order valence-electron chi connectivity index (χ1n) is 6.18. The standard InChI is InChI=1S/C14H6F3N3O2S/c15-14(16,17)8-4-10(20(21)22)13-12(5-8)23-11-3-7(6-18)1-2-9(11)19-13/h1-5,19H. The molecule has 23 heavy (non-hydrogen) atoms. The molecule has 1 aliphatic rings. The summed E-state index contributed by atoms with van der Waals surface area (Å²) in [5.74, 6) is 0. The molecule has 3 rings (SSSR count). The van der Waals surface area contributed by atoms with E-state index >= 15 is 0 Å². The monoisotopic (exact) mass is 337 g/mol. The third-order valence-corrected chi connectivity index (χ3v) is 4.30. The van der Waals surface area contributed by atoms with E-state index in [0.29, 0.717) is 22.2 Å². The molecule has 9 heteroatoms. The Morgan fingerprint density at radius 3 is 2.57 bits per heavy atom. The van der Waals surface area contributed by atoms with Crippen LogP contribution in [0.2, 0.25) is 0 Å². The van der Waals surface area contributed by atoms with E-state index in [9.17, 15) is 23.3 Å². The molecule has 0 bridgehead atoms. The molecule has 2 aromatic rings. The first-order valence-corrected chi connectivity index (χ1v) is 7.00. The van der Waals surface area contributed by atoms with Crippen molar-refractivity contribution in [2.24, 2.45) is 0 Å². The minimum atomic E-state index is -4.69. The summed E-state index contributed by atoms with van der Waals surface area (Å²) >= 11 is 0.956. The third kappa shape index (κ3) is 2.68. The highest BCUT2D eigenvalue weighted by Crippen LogP contribution is 2.50. The molecular formula is C14H6F3N3O2S. The second-order valence-electron chi connectivity index (χ2n) is 4.67. The van der Waals surface area contributed by atoms with Gasteiger partial charge in [0.25, 0.3) is 5.69 Å². The third-order valence-electron chi connectivity index (χ3n) is 3.20. The maximum atomic E-state index is 12.9. The smallest absolute Gasteiger partial charge is 0.348 e. The van der Waals surface area contributed by atoms with E-state index < -0.39 is 22.4 Å². The van der Waals surface area contributed by atoms with Crippen molar-refractivity contribution in [3.63, 3.8) is 0 Å². The molecule has 1 aliphatic heterocycles. The Morgan fingerprint density at radius 2 is 1.96 bits per heavy atom. The van der Waals surface area contributed by atoms with Crippen LogP contribution >= 0.6 is 11.8 Å². The number of halogens is 3. The van der Waals surface area contributed by atoms with Crippen molar-refractivity contribution < 1.29 is 18.1 Å². The molecule has 2 aromatic carbocycles. The van der Waals surface area contributed by atoms with E-state index in [2.05, 4.69) is 5.32 Å². The number of alkyl halides is 3. The second-order valence-corrected chi connectivity index (χ2v) is 5.76. The predicted octanol–water partition coefficient (Wildman–Crippen LogP) is 4.69. The number of hydrogen-bond donors (Lipinski definition) is 1. The van der Waals surface area contributed by atoms with Gasteiger partial charge >= 0.3 is 6.18 Å². The average Bonchev–Trinajstić information content (AvgIpc) is 2.50. The normalized spacial score (nSPS) is 12.6. The zero-order valence-corrected chi connectivity index (χ0v) is 12.0. The van der Waals surface area contributed by atoms with Crippen LogP contribution in [0.25, 0.3) is 0 Å². The van der Waals surface area contributed by atoms with Gasteiger partial charge in [0, 0.05) is 15.9 Å². The van der Waals surface area contributed by atoms with Crippen LogP contribution in [0.15, 0.2) is 40.1 Å². The number of nitrogens with zero attached hydrogens (tertiary/aromatic N) is 2. The van der Waals surface area contributed by atoms with Crippen molar-refractivity contribution in [2.75, 3.05) is 5.32 Å². The van der Waals surface area contributed by atoms with Crippen molar-refractivity contribution in [1.29, 1.82) is 5.26 Å². The summed E-state index contributed by atoms with van der Waals surface area (Å²) in [5.41, 5.74) is -0.855. The van der Waals surface area contributed by atoms with Gasteiger partial charge in [0.1, 0.15) is 5.69 Å². The van der Waals surface area contributed by atoms with Crippen molar-refractivity contribution in [3.8, 4) is 6.07 Å². The molecule has 0 unspecified atom stereocenters. The van der Waals surface area contributed by atoms with Crippen LogP contribution in [-0.2, 0) is 6.18 Å². The first kappa shape index (κ1) is 15.2. The molecule has 0 aromatic heterocycles. The van der Waals surface area contributed by atoms with Gasteiger partial charge in [0.05, 0.1) is 27.8 Å². The maximum absolute atomic E-state index is 12.9. The van der Waals surface area contributed by atoms with E-state index in [1.54, 1.807) is 6.07 Å². The lowest BCUT2D eigenvalue weighted by Crippen LogP contribution is -2.10. The lowest BCUT2D eigenvalue weighted by atomic mass is 10.1. The van der Waals surface area contributed by atoms with Crippen LogP contribution in [0.3, 0.4) is 0 Å². The number of nitro benzene ring substituents is 1. The average molecular weight is 337 g/mol. The number of benzene rings is 2. The van der Waals surface area contributed by atoms with Crippen molar-refractivity contribution in [3.05, 3.63) is 51.6 Å².